The fraction of sp³-hybridized carbons (Fsp3) is 0.375. The normalized spacial score (nSPS) is 16.1. The Kier molecular flexibility index (Phi) is 5.36. The van der Waals surface area contributed by atoms with Crippen molar-refractivity contribution in [1.82, 2.24) is 5.32 Å². The third kappa shape index (κ3) is 4.10. The summed E-state index contributed by atoms with van der Waals surface area (Å²) >= 11 is 0. The second-order valence-corrected chi connectivity index (χ2v) is 8.41. The van der Waals surface area contributed by atoms with Crippen molar-refractivity contribution in [3.63, 3.8) is 0 Å². The molecule has 2 N–H and O–H groups in total. The van der Waals surface area contributed by atoms with Gasteiger partial charge in [-0.2, -0.15) is 0 Å². The number of amides is 1. The Bertz CT molecular complexity index is 1070. The summed E-state index contributed by atoms with van der Waals surface area (Å²) in [5, 5.41) is 12.7. The Morgan fingerprint density at radius 1 is 1.20 bits per heavy atom. The zero-order chi connectivity index (χ0) is 21.5. The van der Waals surface area contributed by atoms with E-state index in [2.05, 4.69) is 29.6 Å². The fourth-order valence-corrected chi connectivity index (χ4v) is 3.88. The molecular formula is C24H25F2NO3. The van der Waals surface area contributed by atoms with E-state index in [1.165, 1.54) is 25.3 Å². The molecule has 6 heteroatoms. The molecule has 1 amide bonds. The van der Waals surface area contributed by atoms with Gasteiger partial charge in [-0.05, 0) is 61.4 Å². The zero-order valence-electron chi connectivity index (χ0n) is 17.0. The van der Waals surface area contributed by atoms with Gasteiger partial charge in [0.05, 0.1) is 17.7 Å². The number of nitrogens with one attached hydrogen (secondary N) is 1. The lowest BCUT2D eigenvalue weighted by Gasteiger charge is -2.28. The van der Waals surface area contributed by atoms with Gasteiger partial charge in [-0.3, -0.25) is 4.79 Å². The maximum absolute atomic E-state index is 12.9. The number of alkyl halides is 2. The van der Waals surface area contributed by atoms with Crippen LogP contribution < -0.4 is 5.32 Å². The number of carbonyl (C=O) groups excluding carboxylic acids is 1. The third-order valence-electron chi connectivity index (χ3n) is 5.75. The number of hydrogen-bond acceptors (Lipinski definition) is 3. The highest BCUT2D eigenvalue weighted by molar-refractivity contribution is 6.08. The molecule has 0 aliphatic heterocycles. The van der Waals surface area contributed by atoms with E-state index in [0.29, 0.717) is 28.2 Å². The number of furan rings is 1. The molecule has 4 rings (SSSR count). The van der Waals surface area contributed by atoms with Crippen LogP contribution in [0.25, 0.3) is 22.1 Å². The predicted molar refractivity (Wildman–Crippen MR) is 112 cm³/mol. The van der Waals surface area contributed by atoms with E-state index in [9.17, 15) is 18.7 Å². The van der Waals surface area contributed by atoms with Crippen LogP contribution in [0, 0.1) is 6.92 Å². The highest BCUT2D eigenvalue weighted by atomic mass is 19.3. The summed E-state index contributed by atoms with van der Waals surface area (Å²) in [5.74, 6) is 0.549. The average molecular weight is 413 g/mol. The van der Waals surface area contributed by atoms with Gasteiger partial charge in [0, 0.05) is 11.8 Å². The lowest BCUT2D eigenvalue weighted by molar-refractivity contribution is 0.0586. The monoisotopic (exact) mass is 413 g/mol. The molecule has 4 nitrogen and oxygen atoms in total. The number of halogens is 2. The minimum Gasteiger partial charge on any atom is -0.461 e. The molecule has 2 aromatic carbocycles. The van der Waals surface area contributed by atoms with Crippen molar-refractivity contribution >= 4 is 16.9 Å². The zero-order valence-corrected chi connectivity index (χ0v) is 17.0. The fourth-order valence-electron chi connectivity index (χ4n) is 3.88. The Labute approximate surface area is 173 Å². The number of carbonyl (C=O) groups is 1. The van der Waals surface area contributed by atoms with Gasteiger partial charge in [0.2, 0.25) is 6.43 Å². The van der Waals surface area contributed by atoms with Crippen LogP contribution in [0.5, 0.6) is 0 Å². The summed E-state index contributed by atoms with van der Waals surface area (Å²) in [7, 11) is 0. The Hall–Kier alpha value is -2.73. The molecule has 1 heterocycles. The van der Waals surface area contributed by atoms with Gasteiger partial charge >= 0.3 is 0 Å². The van der Waals surface area contributed by atoms with E-state index in [0.717, 1.165) is 11.1 Å². The first-order valence-corrected chi connectivity index (χ1v) is 10.1. The maximum Gasteiger partial charge on any atom is 0.255 e. The number of aryl methyl sites for hydroxylation is 1. The van der Waals surface area contributed by atoms with Crippen LogP contribution in [0.15, 0.2) is 46.9 Å². The second kappa shape index (κ2) is 7.84. The van der Waals surface area contributed by atoms with E-state index in [4.69, 9.17) is 4.42 Å². The molecule has 158 valence electrons. The lowest BCUT2D eigenvalue weighted by atomic mass is 9.97. The number of aliphatic hydroxyl groups is 1. The minimum atomic E-state index is -2.64. The third-order valence-corrected chi connectivity index (χ3v) is 5.75. The Morgan fingerprint density at radius 2 is 1.87 bits per heavy atom. The van der Waals surface area contributed by atoms with Crippen molar-refractivity contribution in [3.8, 4) is 11.1 Å². The Balaban J connectivity index is 1.67. The van der Waals surface area contributed by atoms with Gasteiger partial charge in [0.15, 0.2) is 0 Å². The van der Waals surface area contributed by atoms with Crippen LogP contribution in [-0.4, -0.2) is 29.6 Å². The first kappa shape index (κ1) is 20.5. The van der Waals surface area contributed by atoms with Gasteiger partial charge in [-0.1, -0.05) is 30.3 Å². The van der Waals surface area contributed by atoms with Crippen LogP contribution in [0.1, 0.15) is 53.8 Å². The number of benzene rings is 2. The molecule has 0 saturated heterocycles. The van der Waals surface area contributed by atoms with Crippen LogP contribution >= 0.6 is 0 Å². The number of rotatable bonds is 7. The second-order valence-electron chi connectivity index (χ2n) is 8.41. The van der Waals surface area contributed by atoms with Crippen molar-refractivity contribution < 1.29 is 23.1 Å². The van der Waals surface area contributed by atoms with Gasteiger partial charge in [-0.15, -0.1) is 0 Å². The van der Waals surface area contributed by atoms with Crippen molar-refractivity contribution in [3.05, 3.63) is 59.4 Å². The van der Waals surface area contributed by atoms with Crippen molar-refractivity contribution in [1.29, 1.82) is 0 Å². The standard InChI is InChI=1S/C24H25F2NO3/c1-14-22(23(29)27-24(2,13-28)12-21(25)26)19-11-18(9-10-20(19)30-14)17-7-5-16(6-8-17)15-3-4-15/h5-11,15,21,28H,3-4,12-13H2,1-2H3,(H,27,29). The topological polar surface area (TPSA) is 62.5 Å². The van der Waals surface area contributed by atoms with E-state index >= 15 is 0 Å². The molecule has 1 aliphatic carbocycles. The number of hydrogen-bond donors (Lipinski definition) is 2. The molecular weight excluding hydrogens is 388 g/mol. The summed E-state index contributed by atoms with van der Waals surface area (Å²) < 4.78 is 31.5. The van der Waals surface area contributed by atoms with Crippen LogP contribution in [0.3, 0.4) is 0 Å². The maximum atomic E-state index is 12.9. The lowest BCUT2D eigenvalue weighted by Crippen LogP contribution is -2.50. The van der Waals surface area contributed by atoms with Crippen molar-refractivity contribution in [2.24, 2.45) is 0 Å². The van der Waals surface area contributed by atoms with Gasteiger partial charge in [-0.25, -0.2) is 8.78 Å². The number of fused-ring (bicyclic) bond motifs is 1. The van der Waals surface area contributed by atoms with E-state index < -0.39 is 30.9 Å². The summed E-state index contributed by atoms with van der Waals surface area (Å²) in [6.45, 7) is 2.49. The molecule has 1 aliphatic rings. The van der Waals surface area contributed by atoms with Crippen LogP contribution in [-0.2, 0) is 0 Å². The van der Waals surface area contributed by atoms with Gasteiger partial charge in [0.1, 0.15) is 11.3 Å². The van der Waals surface area contributed by atoms with Crippen LogP contribution in [0.4, 0.5) is 8.78 Å². The van der Waals surface area contributed by atoms with E-state index in [1.807, 2.05) is 18.2 Å². The largest absolute Gasteiger partial charge is 0.461 e. The Morgan fingerprint density at radius 3 is 2.47 bits per heavy atom. The van der Waals surface area contributed by atoms with Crippen molar-refractivity contribution in [2.75, 3.05) is 6.61 Å². The highest BCUT2D eigenvalue weighted by Gasteiger charge is 2.32. The molecule has 0 spiro atoms. The molecule has 1 saturated carbocycles. The highest BCUT2D eigenvalue weighted by Crippen LogP contribution is 2.40. The minimum absolute atomic E-state index is 0.301. The summed E-state index contributed by atoms with van der Waals surface area (Å²) in [6.07, 6.45) is -0.787. The van der Waals surface area contributed by atoms with Gasteiger partial charge < -0.3 is 14.8 Å². The molecule has 1 fully saturated rings. The predicted octanol–water partition coefficient (Wildman–Crippen LogP) is 5.42. The molecule has 0 radical (unpaired) electrons. The first-order chi connectivity index (χ1) is 14.3. The van der Waals surface area contributed by atoms with E-state index in [-0.39, 0.29) is 0 Å². The molecule has 1 aromatic heterocycles. The summed E-state index contributed by atoms with van der Waals surface area (Å²) in [6, 6.07) is 14.1. The SMILES string of the molecule is Cc1oc2ccc(-c3ccc(C4CC4)cc3)cc2c1C(=O)NC(C)(CO)CC(F)F. The molecule has 3 aromatic rings. The number of aliphatic hydroxyl groups excluding tert-OH is 1. The van der Waals surface area contributed by atoms with Crippen molar-refractivity contribution in [2.45, 2.75) is 51.0 Å². The van der Waals surface area contributed by atoms with E-state index in [1.54, 1.807) is 6.92 Å². The molecule has 0 bridgehead atoms. The summed E-state index contributed by atoms with van der Waals surface area (Å²) in [4.78, 5) is 12.9. The summed E-state index contributed by atoms with van der Waals surface area (Å²) in [5.41, 5.74) is 2.76. The smallest absolute Gasteiger partial charge is 0.255 e. The molecule has 30 heavy (non-hydrogen) atoms. The van der Waals surface area contributed by atoms with Gasteiger partial charge in [0.25, 0.3) is 5.91 Å². The first-order valence-electron chi connectivity index (χ1n) is 10.1. The quantitative estimate of drug-likeness (QED) is 0.544. The average Bonchev–Trinajstić information content (AvgIpc) is 3.49. The van der Waals surface area contributed by atoms with Crippen LogP contribution in [0.2, 0.25) is 0 Å². The molecule has 1 unspecified atom stereocenters. The molecule has 1 atom stereocenters.